The summed E-state index contributed by atoms with van der Waals surface area (Å²) in [6, 6.07) is 6.08. The van der Waals surface area contributed by atoms with E-state index in [2.05, 4.69) is 18.1 Å². The van der Waals surface area contributed by atoms with Crippen molar-refractivity contribution < 1.29 is 5.11 Å². The largest absolute Gasteiger partial charge is 0.392 e. The lowest BCUT2D eigenvalue weighted by atomic mass is 10.0. The van der Waals surface area contributed by atoms with Crippen LogP contribution in [0.3, 0.4) is 0 Å². The van der Waals surface area contributed by atoms with Gasteiger partial charge in [0.25, 0.3) is 0 Å². The molecule has 2 rings (SSSR count). The molecule has 0 unspecified atom stereocenters. The van der Waals surface area contributed by atoms with Crippen molar-refractivity contribution in [2.45, 2.75) is 27.0 Å². The molecule has 0 radical (unpaired) electrons. The lowest BCUT2D eigenvalue weighted by Gasteiger charge is -2.04. The van der Waals surface area contributed by atoms with Crippen LogP contribution < -0.4 is 0 Å². The van der Waals surface area contributed by atoms with Crippen LogP contribution in [0.25, 0.3) is 11.1 Å². The Bertz CT molecular complexity index is 488. The third kappa shape index (κ3) is 1.99. The highest BCUT2D eigenvalue weighted by Crippen LogP contribution is 2.21. The van der Waals surface area contributed by atoms with Crippen LogP contribution in [-0.2, 0) is 13.2 Å². The molecule has 1 N–H and O–H groups in total. The fraction of sp³-hybridized carbons (Fsp3) is 0.308. The quantitative estimate of drug-likeness (QED) is 0.855. The molecule has 3 nitrogen and oxygen atoms in total. The van der Waals surface area contributed by atoms with Crippen molar-refractivity contribution in [3.05, 3.63) is 41.7 Å². The van der Waals surface area contributed by atoms with Gasteiger partial charge in [-0.15, -0.1) is 0 Å². The van der Waals surface area contributed by atoms with Gasteiger partial charge in [0.2, 0.25) is 0 Å². The van der Waals surface area contributed by atoms with E-state index >= 15 is 0 Å². The Morgan fingerprint density at radius 3 is 2.69 bits per heavy atom. The Kier molecular flexibility index (Phi) is 3.06. The SMILES string of the molecule is CCn1cc(-c2ccc(CO)c(C)c2)cn1. The average molecular weight is 216 g/mol. The number of benzene rings is 1. The number of hydrogen-bond donors (Lipinski definition) is 1. The summed E-state index contributed by atoms with van der Waals surface area (Å²) in [5.74, 6) is 0. The van der Waals surface area contributed by atoms with Crippen molar-refractivity contribution in [1.29, 1.82) is 0 Å². The van der Waals surface area contributed by atoms with Gasteiger partial charge in [0.1, 0.15) is 0 Å². The molecule has 2 aromatic rings. The van der Waals surface area contributed by atoms with Crippen LogP contribution in [0.15, 0.2) is 30.6 Å². The Hall–Kier alpha value is -1.61. The zero-order chi connectivity index (χ0) is 11.5. The van der Waals surface area contributed by atoms with Crippen molar-refractivity contribution in [3.8, 4) is 11.1 Å². The molecule has 3 heteroatoms. The fourth-order valence-corrected chi connectivity index (χ4v) is 1.74. The Morgan fingerprint density at radius 1 is 1.31 bits per heavy atom. The summed E-state index contributed by atoms with van der Waals surface area (Å²) in [6.07, 6.45) is 3.91. The summed E-state index contributed by atoms with van der Waals surface area (Å²) in [7, 11) is 0. The smallest absolute Gasteiger partial charge is 0.0684 e. The topological polar surface area (TPSA) is 38.0 Å². The lowest BCUT2D eigenvalue weighted by Crippen LogP contribution is -1.92. The fourth-order valence-electron chi connectivity index (χ4n) is 1.74. The van der Waals surface area contributed by atoms with Gasteiger partial charge in [-0.05, 0) is 30.5 Å². The minimum absolute atomic E-state index is 0.0976. The summed E-state index contributed by atoms with van der Waals surface area (Å²) in [5, 5.41) is 13.4. The van der Waals surface area contributed by atoms with Crippen LogP contribution >= 0.6 is 0 Å². The van der Waals surface area contributed by atoms with Crippen LogP contribution in [0.1, 0.15) is 18.1 Å². The molecular weight excluding hydrogens is 200 g/mol. The van der Waals surface area contributed by atoms with Gasteiger partial charge in [0.05, 0.1) is 12.8 Å². The molecule has 1 heterocycles. The lowest BCUT2D eigenvalue weighted by molar-refractivity contribution is 0.281. The Morgan fingerprint density at radius 2 is 2.12 bits per heavy atom. The van der Waals surface area contributed by atoms with E-state index in [-0.39, 0.29) is 6.61 Å². The van der Waals surface area contributed by atoms with Gasteiger partial charge in [0.15, 0.2) is 0 Å². The summed E-state index contributed by atoms with van der Waals surface area (Å²) in [5.41, 5.74) is 4.36. The van der Waals surface area contributed by atoms with E-state index in [9.17, 15) is 0 Å². The molecule has 0 spiro atoms. The number of hydrogen-bond acceptors (Lipinski definition) is 2. The van der Waals surface area contributed by atoms with Gasteiger partial charge < -0.3 is 5.11 Å². The molecule has 16 heavy (non-hydrogen) atoms. The van der Waals surface area contributed by atoms with Crippen molar-refractivity contribution >= 4 is 0 Å². The highest BCUT2D eigenvalue weighted by atomic mass is 16.3. The first kappa shape index (κ1) is 10.9. The van der Waals surface area contributed by atoms with E-state index in [4.69, 9.17) is 5.11 Å². The summed E-state index contributed by atoms with van der Waals surface area (Å²) in [4.78, 5) is 0. The maximum Gasteiger partial charge on any atom is 0.0684 e. The average Bonchev–Trinajstić information content (AvgIpc) is 2.77. The highest BCUT2D eigenvalue weighted by Gasteiger charge is 2.03. The van der Waals surface area contributed by atoms with Crippen molar-refractivity contribution in [1.82, 2.24) is 9.78 Å². The molecule has 0 amide bonds. The number of aromatic nitrogens is 2. The van der Waals surface area contributed by atoms with Crippen LogP contribution in [0, 0.1) is 6.92 Å². The first-order valence-electron chi connectivity index (χ1n) is 5.47. The molecule has 0 bridgehead atoms. The van der Waals surface area contributed by atoms with E-state index in [1.54, 1.807) is 0 Å². The number of aliphatic hydroxyl groups is 1. The second-order valence-electron chi connectivity index (χ2n) is 3.88. The second-order valence-corrected chi connectivity index (χ2v) is 3.88. The highest BCUT2D eigenvalue weighted by molar-refractivity contribution is 5.63. The van der Waals surface area contributed by atoms with E-state index in [0.717, 1.165) is 28.8 Å². The first-order valence-corrected chi connectivity index (χ1v) is 5.47. The third-order valence-corrected chi connectivity index (χ3v) is 2.80. The number of rotatable bonds is 3. The summed E-state index contributed by atoms with van der Waals surface area (Å²) < 4.78 is 1.91. The minimum Gasteiger partial charge on any atom is -0.392 e. The zero-order valence-electron chi connectivity index (χ0n) is 9.64. The van der Waals surface area contributed by atoms with E-state index < -0.39 is 0 Å². The van der Waals surface area contributed by atoms with Gasteiger partial charge in [0, 0.05) is 18.3 Å². The molecule has 0 aliphatic carbocycles. The second kappa shape index (κ2) is 4.49. The molecule has 0 fully saturated rings. The summed E-state index contributed by atoms with van der Waals surface area (Å²) in [6.45, 7) is 5.06. The molecule has 0 saturated carbocycles. The number of aryl methyl sites for hydroxylation is 2. The third-order valence-electron chi connectivity index (χ3n) is 2.80. The van der Waals surface area contributed by atoms with E-state index in [1.807, 2.05) is 36.1 Å². The molecular formula is C13H16N2O. The normalized spacial score (nSPS) is 10.7. The van der Waals surface area contributed by atoms with Gasteiger partial charge in [-0.1, -0.05) is 18.2 Å². The Balaban J connectivity index is 2.37. The predicted octanol–water partition coefficient (Wildman–Crippen LogP) is 2.37. The van der Waals surface area contributed by atoms with Gasteiger partial charge in [-0.2, -0.15) is 5.10 Å². The molecule has 1 aromatic heterocycles. The number of aliphatic hydroxyl groups excluding tert-OH is 1. The predicted molar refractivity (Wildman–Crippen MR) is 64.0 cm³/mol. The maximum absolute atomic E-state index is 9.11. The van der Waals surface area contributed by atoms with Crippen molar-refractivity contribution in [2.24, 2.45) is 0 Å². The van der Waals surface area contributed by atoms with Gasteiger partial charge in [-0.25, -0.2) is 0 Å². The zero-order valence-corrected chi connectivity index (χ0v) is 9.64. The van der Waals surface area contributed by atoms with Crippen molar-refractivity contribution in [3.63, 3.8) is 0 Å². The van der Waals surface area contributed by atoms with Crippen LogP contribution in [0.5, 0.6) is 0 Å². The maximum atomic E-state index is 9.11. The monoisotopic (exact) mass is 216 g/mol. The van der Waals surface area contributed by atoms with E-state index in [1.165, 1.54) is 0 Å². The van der Waals surface area contributed by atoms with Crippen LogP contribution in [-0.4, -0.2) is 14.9 Å². The number of nitrogens with zero attached hydrogens (tertiary/aromatic N) is 2. The molecule has 0 aliphatic rings. The van der Waals surface area contributed by atoms with Gasteiger partial charge in [-0.3, -0.25) is 4.68 Å². The molecule has 0 aliphatic heterocycles. The summed E-state index contributed by atoms with van der Waals surface area (Å²) >= 11 is 0. The van der Waals surface area contributed by atoms with Crippen LogP contribution in [0.2, 0.25) is 0 Å². The molecule has 0 atom stereocenters. The molecule has 84 valence electrons. The van der Waals surface area contributed by atoms with E-state index in [0.29, 0.717) is 0 Å². The standard InChI is InChI=1S/C13H16N2O/c1-3-15-8-13(7-14-15)11-4-5-12(9-16)10(2)6-11/h4-8,16H,3,9H2,1-2H3. The van der Waals surface area contributed by atoms with Gasteiger partial charge >= 0.3 is 0 Å². The Labute approximate surface area is 95.3 Å². The molecule has 1 aromatic carbocycles. The van der Waals surface area contributed by atoms with Crippen molar-refractivity contribution in [2.75, 3.05) is 0 Å². The molecule has 0 saturated heterocycles. The minimum atomic E-state index is 0.0976. The van der Waals surface area contributed by atoms with Crippen LogP contribution in [0.4, 0.5) is 0 Å². The first-order chi connectivity index (χ1) is 7.74.